The minimum absolute atomic E-state index is 0.0387. The number of carbonyl (C=O) groups excluding carboxylic acids is 1. The molecule has 5 nitrogen and oxygen atoms in total. The van der Waals surface area contributed by atoms with Gasteiger partial charge in [0.2, 0.25) is 5.13 Å². The van der Waals surface area contributed by atoms with E-state index in [-0.39, 0.29) is 12.5 Å². The number of amides is 1. The number of ether oxygens (including phenoxy) is 1. The molecule has 15 heavy (non-hydrogen) atoms. The lowest BCUT2D eigenvalue weighted by atomic mass is 10.6. The second kappa shape index (κ2) is 6.76. The molecule has 7 heteroatoms. The predicted molar refractivity (Wildman–Crippen MR) is 61.4 cm³/mol. The van der Waals surface area contributed by atoms with Gasteiger partial charge in [-0.05, 0) is 6.42 Å². The molecular weight excluding hydrogens is 234 g/mol. The van der Waals surface area contributed by atoms with Crippen LogP contribution >= 0.6 is 23.1 Å². The van der Waals surface area contributed by atoms with Crippen LogP contribution in [0.25, 0.3) is 0 Å². The van der Waals surface area contributed by atoms with Gasteiger partial charge in [0.15, 0.2) is 4.34 Å². The minimum Gasteiger partial charge on any atom is -0.375 e. The van der Waals surface area contributed by atoms with E-state index in [0.29, 0.717) is 5.13 Å². The van der Waals surface area contributed by atoms with Crippen LogP contribution in [0.2, 0.25) is 0 Å². The molecule has 0 bridgehead atoms. The molecule has 0 spiro atoms. The Hall–Kier alpha value is -0.660. The van der Waals surface area contributed by atoms with Gasteiger partial charge in [-0.2, -0.15) is 0 Å². The van der Waals surface area contributed by atoms with E-state index in [1.54, 1.807) is 11.8 Å². The lowest BCUT2D eigenvalue weighted by Gasteiger charge is -1.97. The number of rotatable bonds is 6. The Bertz CT molecular complexity index is 317. The summed E-state index contributed by atoms with van der Waals surface area (Å²) in [6.45, 7) is 2.15. The van der Waals surface area contributed by atoms with Crippen LogP contribution in [0.4, 0.5) is 5.13 Å². The molecule has 1 amide bonds. The molecule has 0 saturated heterocycles. The zero-order valence-electron chi connectivity index (χ0n) is 8.65. The average Bonchev–Trinajstić information content (AvgIpc) is 2.63. The summed E-state index contributed by atoms with van der Waals surface area (Å²) in [5.41, 5.74) is 0. The smallest absolute Gasteiger partial charge is 0.252 e. The highest BCUT2D eigenvalue weighted by atomic mass is 32.2. The van der Waals surface area contributed by atoms with Gasteiger partial charge >= 0.3 is 0 Å². The maximum absolute atomic E-state index is 11.1. The largest absolute Gasteiger partial charge is 0.375 e. The Morgan fingerprint density at radius 1 is 1.60 bits per heavy atom. The summed E-state index contributed by atoms with van der Waals surface area (Å²) in [4.78, 5) is 11.1. The monoisotopic (exact) mass is 247 g/mol. The van der Waals surface area contributed by atoms with Crippen molar-refractivity contribution < 1.29 is 9.53 Å². The van der Waals surface area contributed by atoms with Crippen molar-refractivity contribution in [2.24, 2.45) is 0 Å². The molecule has 0 atom stereocenters. The van der Waals surface area contributed by atoms with Crippen LogP contribution < -0.4 is 5.32 Å². The Balaban J connectivity index is 2.42. The summed E-state index contributed by atoms with van der Waals surface area (Å²) in [7, 11) is 1.47. The van der Waals surface area contributed by atoms with E-state index < -0.39 is 0 Å². The number of anilines is 1. The molecule has 0 radical (unpaired) electrons. The quantitative estimate of drug-likeness (QED) is 0.611. The topological polar surface area (TPSA) is 64.1 Å². The molecule has 0 aliphatic rings. The van der Waals surface area contributed by atoms with Gasteiger partial charge in [-0.3, -0.25) is 10.1 Å². The predicted octanol–water partition coefficient (Wildman–Crippen LogP) is 1.63. The summed E-state index contributed by atoms with van der Waals surface area (Å²) in [5, 5.41) is 10.9. The van der Waals surface area contributed by atoms with Gasteiger partial charge in [0.1, 0.15) is 6.61 Å². The lowest BCUT2D eigenvalue weighted by molar-refractivity contribution is -0.119. The molecule has 0 aliphatic heterocycles. The highest BCUT2D eigenvalue weighted by molar-refractivity contribution is 8.01. The Morgan fingerprint density at radius 3 is 3.07 bits per heavy atom. The van der Waals surface area contributed by atoms with Crippen molar-refractivity contribution in [3.8, 4) is 0 Å². The molecule has 84 valence electrons. The second-order valence-electron chi connectivity index (χ2n) is 2.70. The molecule has 0 unspecified atom stereocenters. The zero-order chi connectivity index (χ0) is 11.1. The maximum atomic E-state index is 11.1. The van der Waals surface area contributed by atoms with E-state index in [4.69, 9.17) is 0 Å². The van der Waals surface area contributed by atoms with E-state index in [1.165, 1.54) is 18.4 Å². The van der Waals surface area contributed by atoms with Crippen LogP contribution in [0.1, 0.15) is 13.3 Å². The van der Waals surface area contributed by atoms with Gasteiger partial charge in [-0.15, -0.1) is 10.2 Å². The number of thioether (sulfide) groups is 1. The summed E-state index contributed by atoms with van der Waals surface area (Å²) < 4.78 is 5.57. The van der Waals surface area contributed by atoms with Crippen molar-refractivity contribution in [2.45, 2.75) is 17.7 Å². The summed E-state index contributed by atoms with van der Waals surface area (Å²) in [5.74, 6) is 0.807. The number of nitrogens with one attached hydrogen (secondary N) is 1. The highest BCUT2D eigenvalue weighted by Crippen LogP contribution is 2.25. The number of aromatic nitrogens is 2. The fraction of sp³-hybridized carbons (Fsp3) is 0.625. The minimum atomic E-state index is -0.208. The first-order valence-corrected chi connectivity index (χ1v) is 6.31. The lowest BCUT2D eigenvalue weighted by Crippen LogP contribution is -2.16. The molecule has 1 aromatic heterocycles. The molecule has 1 rings (SSSR count). The van der Waals surface area contributed by atoms with Crippen LogP contribution in [0.3, 0.4) is 0 Å². The molecule has 0 fully saturated rings. The van der Waals surface area contributed by atoms with E-state index in [1.807, 2.05) is 0 Å². The average molecular weight is 247 g/mol. The van der Waals surface area contributed by atoms with Gasteiger partial charge in [0.05, 0.1) is 0 Å². The van der Waals surface area contributed by atoms with Gasteiger partial charge in [0, 0.05) is 12.9 Å². The number of methoxy groups -OCH3 is 1. The molecule has 0 saturated carbocycles. The van der Waals surface area contributed by atoms with Gasteiger partial charge in [-0.25, -0.2) is 0 Å². The van der Waals surface area contributed by atoms with Crippen LogP contribution in [0.15, 0.2) is 4.34 Å². The third-order valence-corrected chi connectivity index (χ3v) is 3.54. The first-order valence-electron chi connectivity index (χ1n) is 4.51. The summed E-state index contributed by atoms with van der Waals surface area (Å²) in [6.07, 6.45) is 1.09. The van der Waals surface area contributed by atoms with Crippen LogP contribution in [-0.4, -0.2) is 35.6 Å². The Labute approximate surface area is 96.6 Å². The van der Waals surface area contributed by atoms with E-state index in [2.05, 4.69) is 27.2 Å². The second-order valence-corrected chi connectivity index (χ2v) is 5.02. The number of carbonyl (C=O) groups is 1. The van der Waals surface area contributed by atoms with Crippen molar-refractivity contribution in [1.29, 1.82) is 0 Å². The van der Waals surface area contributed by atoms with E-state index in [9.17, 15) is 4.79 Å². The summed E-state index contributed by atoms with van der Waals surface area (Å²) >= 11 is 3.02. The third-order valence-electron chi connectivity index (χ3n) is 1.36. The van der Waals surface area contributed by atoms with Crippen molar-refractivity contribution in [3.05, 3.63) is 0 Å². The van der Waals surface area contributed by atoms with Gasteiger partial charge in [-0.1, -0.05) is 30.0 Å². The van der Waals surface area contributed by atoms with Crippen molar-refractivity contribution in [3.63, 3.8) is 0 Å². The van der Waals surface area contributed by atoms with Gasteiger partial charge < -0.3 is 4.74 Å². The van der Waals surface area contributed by atoms with Crippen molar-refractivity contribution in [2.75, 3.05) is 24.8 Å². The van der Waals surface area contributed by atoms with E-state index >= 15 is 0 Å². The van der Waals surface area contributed by atoms with Crippen molar-refractivity contribution in [1.82, 2.24) is 10.2 Å². The first kappa shape index (κ1) is 12.4. The third kappa shape index (κ3) is 4.59. The van der Waals surface area contributed by atoms with Crippen LogP contribution in [-0.2, 0) is 9.53 Å². The standard InChI is InChI=1S/C8H13N3O2S2/c1-3-4-14-8-11-10-7(15-8)9-6(12)5-13-2/h3-5H2,1-2H3,(H,9,10,12). The maximum Gasteiger partial charge on any atom is 0.252 e. The highest BCUT2D eigenvalue weighted by Gasteiger charge is 2.07. The number of hydrogen-bond donors (Lipinski definition) is 1. The van der Waals surface area contributed by atoms with Crippen LogP contribution in [0.5, 0.6) is 0 Å². The Kier molecular flexibility index (Phi) is 5.59. The first-order chi connectivity index (χ1) is 7.26. The molecule has 1 N–H and O–H groups in total. The molecule has 1 heterocycles. The molecular formula is C8H13N3O2S2. The molecule has 0 aromatic carbocycles. The zero-order valence-corrected chi connectivity index (χ0v) is 10.3. The fourth-order valence-corrected chi connectivity index (χ4v) is 2.49. The molecule has 0 aliphatic carbocycles. The van der Waals surface area contributed by atoms with Crippen molar-refractivity contribution >= 4 is 34.1 Å². The van der Waals surface area contributed by atoms with Gasteiger partial charge in [0.25, 0.3) is 5.91 Å². The number of nitrogens with zero attached hydrogens (tertiary/aromatic N) is 2. The molecule has 1 aromatic rings. The number of hydrogen-bond acceptors (Lipinski definition) is 6. The fourth-order valence-electron chi connectivity index (χ4n) is 0.794. The van der Waals surface area contributed by atoms with Crippen LogP contribution in [0, 0.1) is 0 Å². The Morgan fingerprint density at radius 2 is 2.40 bits per heavy atom. The normalized spacial score (nSPS) is 10.3. The summed E-state index contributed by atoms with van der Waals surface area (Å²) in [6, 6.07) is 0. The van der Waals surface area contributed by atoms with E-state index in [0.717, 1.165) is 16.5 Å². The SMILES string of the molecule is CCCSc1nnc(NC(=O)COC)s1.